The van der Waals surface area contributed by atoms with Gasteiger partial charge >= 0.3 is 0 Å². The van der Waals surface area contributed by atoms with Crippen molar-refractivity contribution in [2.45, 2.75) is 24.8 Å². The minimum absolute atomic E-state index is 0.0401. The normalized spacial score (nSPS) is 10.7. The smallest absolute Gasteiger partial charge is 0.277 e. The van der Waals surface area contributed by atoms with E-state index in [9.17, 15) is 14.4 Å². The maximum Gasteiger partial charge on any atom is 0.277 e. The molecule has 0 unspecified atom stereocenters. The summed E-state index contributed by atoms with van der Waals surface area (Å²) in [5.74, 6) is 0.820. The van der Waals surface area contributed by atoms with Crippen LogP contribution >= 0.6 is 23.5 Å². The van der Waals surface area contributed by atoms with Crippen LogP contribution in [0.2, 0.25) is 0 Å². The van der Waals surface area contributed by atoms with Gasteiger partial charge in [-0.15, -0.1) is 10.2 Å². The molecule has 0 fully saturated rings. The van der Waals surface area contributed by atoms with Gasteiger partial charge in [-0.2, -0.15) is 17.0 Å². The molecular formula is C19H18FN5O2S2. The van der Waals surface area contributed by atoms with Gasteiger partial charge in [0, 0.05) is 11.4 Å². The number of halogens is 1. The molecule has 0 aliphatic carbocycles. The molecule has 0 saturated heterocycles. The number of nitrogens with zero attached hydrogens (tertiary/aromatic N) is 4. The second kappa shape index (κ2) is 9.15. The van der Waals surface area contributed by atoms with Crippen LogP contribution in [0.3, 0.4) is 0 Å². The van der Waals surface area contributed by atoms with Crippen molar-refractivity contribution in [3.63, 3.8) is 0 Å². The van der Waals surface area contributed by atoms with E-state index in [1.165, 1.54) is 12.1 Å². The number of amides is 1. The first kappa shape index (κ1) is 21.0. The minimum atomic E-state index is -0.363. The van der Waals surface area contributed by atoms with Crippen molar-refractivity contribution in [3.05, 3.63) is 52.8 Å². The van der Waals surface area contributed by atoms with Crippen LogP contribution < -0.4 is 5.32 Å². The summed E-state index contributed by atoms with van der Waals surface area (Å²) in [5.41, 5.74) is 2.55. The highest BCUT2D eigenvalue weighted by molar-refractivity contribution is 7.99. The summed E-state index contributed by atoms with van der Waals surface area (Å²) in [5, 5.41) is 20.5. The molecule has 7 nitrogen and oxygen atoms in total. The molecule has 3 rings (SSSR count). The Bertz CT molecular complexity index is 1070. The summed E-state index contributed by atoms with van der Waals surface area (Å²) < 4.78 is 20.5. The van der Waals surface area contributed by atoms with Crippen LogP contribution in [-0.4, -0.2) is 32.7 Å². The lowest BCUT2D eigenvalue weighted by atomic mass is 10.2. The standard InChI is InChI=1S/C19H18FN5O2S2/c1-11-12(2)25(14-6-4-13(20)5-7-14)18(15(11)8-21)22-16(26)9-29-19-24-23-17(27-19)10-28-3/h4-7H,9-10H2,1-3H3,(H,22,26). The van der Waals surface area contributed by atoms with Crippen LogP contribution in [-0.2, 0) is 10.5 Å². The number of nitrogens with one attached hydrogen (secondary N) is 1. The summed E-state index contributed by atoms with van der Waals surface area (Å²) in [7, 11) is 0. The number of thioether (sulfide) groups is 2. The van der Waals surface area contributed by atoms with E-state index in [4.69, 9.17) is 4.42 Å². The third-order valence-corrected chi connectivity index (χ3v) is 5.56. The molecule has 10 heteroatoms. The largest absolute Gasteiger partial charge is 0.415 e. The van der Waals surface area contributed by atoms with Crippen LogP contribution in [0.15, 0.2) is 33.9 Å². The zero-order valence-corrected chi connectivity index (χ0v) is 17.7. The molecule has 29 heavy (non-hydrogen) atoms. The van der Waals surface area contributed by atoms with Gasteiger partial charge < -0.3 is 9.73 Å². The molecule has 1 aromatic carbocycles. The molecule has 1 amide bonds. The Morgan fingerprint density at radius 3 is 2.69 bits per heavy atom. The van der Waals surface area contributed by atoms with Gasteiger partial charge in [0.25, 0.3) is 5.22 Å². The van der Waals surface area contributed by atoms with E-state index in [2.05, 4.69) is 21.6 Å². The predicted molar refractivity (Wildman–Crippen MR) is 111 cm³/mol. The summed E-state index contributed by atoms with van der Waals surface area (Å²) in [4.78, 5) is 12.5. The lowest BCUT2D eigenvalue weighted by Gasteiger charge is -2.13. The Hall–Kier alpha value is -2.77. The Labute approximate surface area is 175 Å². The van der Waals surface area contributed by atoms with Crippen molar-refractivity contribution in [2.75, 3.05) is 17.3 Å². The average molecular weight is 432 g/mol. The van der Waals surface area contributed by atoms with Crippen molar-refractivity contribution >= 4 is 35.2 Å². The van der Waals surface area contributed by atoms with Gasteiger partial charge in [0.15, 0.2) is 0 Å². The van der Waals surface area contributed by atoms with E-state index in [1.54, 1.807) is 28.5 Å². The first-order valence-corrected chi connectivity index (χ1v) is 10.9. The fourth-order valence-corrected chi connectivity index (χ4v) is 3.69. The van der Waals surface area contributed by atoms with Crippen LogP contribution in [0.5, 0.6) is 0 Å². The maximum absolute atomic E-state index is 13.3. The van der Waals surface area contributed by atoms with Gasteiger partial charge in [0.1, 0.15) is 17.7 Å². The number of benzene rings is 1. The highest BCUT2D eigenvalue weighted by Gasteiger charge is 2.21. The number of hydrogen-bond acceptors (Lipinski definition) is 7. The Morgan fingerprint density at radius 2 is 2.03 bits per heavy atom. The first-order chi connectivity index (χ1) is 13.9. The lowest BCUT2D eigenvalue weighted by molar-refractivity contribution is -0.113. The topological polar surface area (TPSA) is 96.7 Å². The van der Waals surface area contributed by atoms with Gasteiger partial charge in [0.05, 0.1) is 17.1 Å². The second-order valence-electron chi connectivity index (χ2n) is 6.09. The highest BCUT2D eigenvalue weighted by Crippen LogP contribution is 2.30. The molecule has 150 valence electrons. The quantitative estimate of drug-likeness (QED) is 0.563. The number of carbonyl (C=O) groups excluding carboxylic acids is 1. The maximum atomic E-state index is 13.3. The van der Waals surface area contributed by atoms with Crippen molar-refractivity contribution < 1.29 is 13.6 Å². The number of hydrogen-bond donors (Lipinski definition) is 1. The summed E-state index contributed by atoms with van der Waals surface area (Å²) in [6, 6.07) is 8.00. The van der Waals surface area contributed by atoms with Crippen molar-refractivity contribution in [2.24, 2.45) is 0 Å². The minimum Gasteiger partial charge on any atom is -0.415 e. The first-order valence-electron chi connectivity index (χ1n) is 8.56. The Balaban J connectivity index is 1.82. The van der Waals surface area contributed by atoms with E-state index >= 15 is 0 Å². The highest BCUT2D eigenvalue weighted by atomic mass is 32.2. The van der Waals surface area contributed by atoms with E-state index in [1.807, 2.05) is 20.1 Å². The van der Waals surface area contributed by atoms with E-state index < -0.39 is 0 Å². The van der Waals surface area contributed by atoms with E-state index in [0.29, 0.717) is 33.9 Å². The van der Waals surface area contributed by atoms with Crippen molar-refractivity contribution in [3.8, 4) is 11.8 Å². The number of rotatable bonds is 7. The number of nitriles is 1. The zero-order valence-electron chi connectivity index (χ0n) is 16.0. The molecule has 0 radical (unpaired) electrons. The predicted octanol–water partition coefficient (Wildman–Crippen LogP) is 4.08. The zero-order chi connectivity index (χ0) is 21.0. The molecule has 0 bridgehead atoms. The molecule has 2 aromatic heterocycles. The van der Waals surface area contributed by atoms with Crippen LogP contribution in [0.4, 0.5) is 10.2 Å². The van der Waals surface area contributed by atoms with E-state index in [0.717, 1.165) is 23.0 Å². The third kappa shape index (κ3) is 4.63. The molecule has 0 spiro atoms. The fraction of sp³-hybridized carbons (Fsp3) is 0.263. The molecular weight excluding hydrogens is 413 g/mol. The van der Waals surface area contributed by atoms with Gasteiger partial charge in [-0.05, 0) is 49.9 Å². The summed E-state index contributed by atoms with van der Waals surface area (Å²) in [6.07, 6.45) is 1.93. The lowest BCUT2D eigenvalue weighted by Crippen LogP contribution is -2.17. The van der Waals surface area contributed by atoms with Crippen molar-refractivity contribution in [1.29, 1.82) is 5.26 Å². The Morgan fingerprint density at radius 1 is 1.31 bits per heavy atom. The average Bonchev–Trinajstić information content (AvgIpc) is 3.24. The number of anilines is 1. The monoisotopic (exact) mass is 431 g/mol. The summed E-state index contributed by atoms with van der Waals surface area (Å²) in [6.45, 7) is 3.65. The molecule has 3 aromatic rings. The molecule has 0 aliphatic rings. The fourth-order valence-electron chi connectivity index (χ4n) is 2.75. The van der Waals surface area contributed by atoms with Gasteiger partial charge in [-0.3, -0.25) is 9.36 Å². The van der Waals surface area contributed by atoms with E-state index in [-0.39, 0.29) is 17.5 Å². The van der Waals surface area contributed by atoms with Crippen LogP contribution in [0, 0.1) is 31.0 Å². The molecule has 0 atom stereocenters. The molecule has 0 saturated carbocycles. The second-order valence-corrected chi connectivity index (χ2v) is 7.88. The van der Waals surface area contributed by atoms with Gasteiger partial charge in [-0.1, -0.05) is 11.8 Å². The van der Waals surface area contributed by atoms with Gasteiger partial charge in [0.2, 0.25) is 11.8 Å². The number of carbonyl (C=O) groups is 1. The van der Waals surface area contributed by atoms with Crippen molar-refractivity contribution in [1.82, 2.24) is 14.8 Å². The summed E-state index contributed by atoms with van der Waals surface area (Å²) >= 11 is 2.68. The molecule has 2 heterocycles. The van der Waals surface area contributed by atoms with Crippen LogP contribution in [0.1, 0.15) is 22.7 Å². The third-order valence-electron chi connectivity index (χ3n) is 4.21. The van der Waals surface area contributed by atoms with Gasteiger partial charge in [-0.25, -0.2) is 4.39 Å². The SMILES string of the molecule is CSCc1nnc(SCC(=O)Nc2c(C#N)c(C)c(C)n2-c2ccc(F)cc2)o1. The Kier molecular flexibility index (Phi) is 6.61. The van der Waals surface area contributed by atoms with Crippen LogP contribution in [0.25, 0.3) is 5.69 Å². The molecule has 1 N–H and O–H groups in total. The molecule has 0 aliphatic heterocycles. The number of aromatic nitrogens is 3.